The molecule has 0 bridgehead atoms. The number of aliphatic hydroxyl groups excluding tert-OH is 1. The highest BCUT2D eigenvalue weighted by molar-refractivity contribution is 5.97. The predicted molar refractivity (Wildman–Crippen MR) is 130 cm³/mol. The van der Waals surface area contributed by atoms with Crippen molar-refractivity contribution < 1.29 is 19.4 Å². The number of urea groups is 1. The average Bonchev–Trinajstić information content (AvgIpc) is 2.88. The van der Waals surface area contributed by atoms with Gasteiger partial charge in [0.25, 0.3) is 0 Å². The van der Waals surface area contributed by atoms with Crippen LogP contribution in [0.4, 0.5) is 10.5 Å². The highest BCUT2D eigenvalue weighted by Crippen LogP contribution is 2.29. The summed E-state index contributed by atoms with van der Waals surface area (Å²) in [6.07, 6.45) is 2.20. The summed E-state index contributed by atoms with van der Waals surface area (Å²) in [5, 5.41) is 12.5. The molecule has 2 heterocycles. The number of amides is 2. The Labute approximate surface area is 201 Å². The molecule has 2 aromatic rings. The number of piperidine rings is 1. The topological polar surface area (TPSA) is 82.1 Å². The lowest BCUT2D eigenvalue weighted by atomic mass is 9.90. The summed E-state index contributed by atoms with van der Waals surface area (Å²) < 4.78 is 5.43. The van der Waals surface area contributed by atoms with Crippen molar-refractivity contribution in [1.82, 2.24) is 10.2 Å². The number of rotatable bonds is 6. The first-order valence-corrected chi connectivity index (χ1v) is 11.3. The number of halogens is 1. The molecule has 0 unspecified atom stereocenters. The molecule has 2 fully saturated rings. The zero-order valence-electron chi connectivity index (χ0n) is 18.7. The van der Waals surface area contributed by atoms with E-state index < -0.39 is 6.61 Å². The van der Waals surface area contributed by atoms with E-state index in [0.717, 1.165) is 37.2 Å². The molecule has 0 saturated carbocycles. The van der Waals surface area contributed by atoms with Crippen LogP contribution < -0.4 is 10.2 Å². The van der Waals surface area contributed by atoms with Gasteiger partial charge in [0.15, 0.2) is 5.78 Å². The number of anilines is 1. The number of nitrogens with one attached hydrogen (secondary N) is 1. The first-order valence-electron chi connectivity index (χ1n) is 11.3. The third-order valence-corrected chi connectivity index (χ3v) is 6.27. The number of hydrogen-bond donors (Lipinski definition) is 2. The molecule has 2 aliphatic heterocycles. The smallest absolute Gasteiger partial charge is 0.324 e. The number of ketones is 1. The number of morpholine rings is 1. The van der Waals surface area contributed by atoms with Crippen molar-refractivity contribution in [3.8, 4) is 0 Å². The Morgan fingerprint density at radius 3 is 2.42 bits per heavy atom. The van der Waals surface area contributed by atoms with Crippen molar-refractivity contribution in [2.24, 2.45) is 0 Å². The lowest BCUT2D eigenvalue weighted by molar-refractivity contribution is 0.0548. The molecule has 2 aromatic carbocycles. The van der Waals surface area contributed by atoms with Gasteiger partial charge in [0, 0.05) is 24.3 Å². The van der Waals surface area contributed by atoms with Gasteiger partial charge in [-0.15, -0.1) is 12.4 Å². The van der Waals surface area contributed by atoms with Crippen LogP contribution in [0.15, 0.2) is 48.5 Å². The van der Waals surface area contributed by atoms with Gasteiger partial charge in [-0.25, -0.2) is 4.79 Å². The zero-order valence-corrected chi connectivity index (χ0v) is 19.6. The fourth-order valence-electron chi connectivity index (χ4n) is 4.37. The highest BCUT2D eigenvalue weighted by atomic mass is 35.5. The molecule has 178 valence electrons. The largest absolute Gasteiger partial charge is 0.388 e. The van der Waals surface area contributed by atoms with Crippen molar-refractivity contribution in [3.05, 3.63) is 65.2 Å². The van der Waals surface area contributed by atoms with Crippen LogP contribution in [0.3, 0.4) is 0 Å². The zero-order chi connectivity index (χ0) is 22.3. The van der Waals surface area contributed by atoms with E-state index in [2.05, 4.69) is 17.4 Å². The van der Waals surface area contributed by atoms with Gasteiger partial charge in [-0.3, -0.25) is 9.69 Å². The Bertz CT molecular complexity index is 926. The maximum Gasteiger partial charge on any atom is 0.324 e. The summed E-state index contributed by atoms with van der Waals surface area (Å²) >= 11 is 0. The molecular weight excluding hydrogens is 442 g/mol. The van der Waals surface area contributed by atoms with Gasteiger partial charge >= 0.3 is 6.03 Å². The van der Waals surface area contributed by atoms with Crippen molar-refractivity contribution in [3.63, 3.8) is 0 Å². The maximum absolute atomic E-state index is 13.5. The van der Waals surface area contributed by atoms with E-state index in [9.17, 15) is 9.59 Å². The predicted octanol–water partition coefficient (Wildman–Crippen LogP) is 3.21. The minimum absolute atomic E-state index is 0. The van der Waals surface area contributed by atoms with Crippen molar-refractivity contribution >= 4 is 29.9 Å². The van der Waals surface area contributed by atoms with Gasteiger partial charge in [-0.2, -0.15) is 0 Å². The van der Waals surface area contributed by atoms with Gasteiger partial charge in [0.2, 0.25) is 0 Å². The minimum Gasteiger partial charge on any atom is -0.388 e. The van der Waals surface area contributed by atoms with Crippen LogP contribution in [-0.2, 0) is 11.3 Å². The standard InChI is InChI=1S/C25H31N3O4.ClH/c29-18-24(30)21-6-4-19(5-7-21)17-28(25(31)27-12-14-32-15-13-27)23-3-1-2-22(16-23)20-8-10-26-11-9-20;/h1-7,16,20,26,29H,8-15,17-18H2;1H. The van der Waals surface area contributed by atoms with E-state index in [1.807, 2.05) is 34.1 Å². The molecule has 8 heteroatoms. The van der Waals surface area contributed by atoms with Crippen molar-refractivity contribution in [1.29, 1.82) is 0 Å². The lowest BCUT2D eigenvalue weighted by Crippen LogP contribution is -2.48. The first-order chi connectivity index (χ1) is 15.7. The summed E-state index contributed by atoms with van der Waals surface area (Å²) in [5.41, 5.74) is 3.55. The summed E-state index contributed by atoms with van der Waals surface area (Å²) in [7, 11) is 0. The van der Waals surface area contributed by atoms with Crippen molar-refractivity contribution in [2.45, 2.75) is 25.3 Å². The second-order valence-corrected chi connectivity index (χ2v) is 8.37. The van der Waals surface area contributed by atoms with Gasteiger partial charge in [0.05, 0.1) is 19.8 Å². The summed E-state index contributed by atoms with van der Waals surface area (Å²) in [4.78, 5) is 28.9. The molecule has 4 rings (SSSR count). The van der Waals surface area contributed by atoms with Crippen LogP contribution in [0.2, 0.25) is 0 Å². The monoisotopic (exact) mass is 473 g/mol. The number of Topliss-reactive ketones (excluding diaryl/α,β-unsaturated/α-hetero) is 1. The van der Waals surface area contributed by atoms with Crippen LogP contribution in [0, 0.1) is 0 Å². The number of carbonyl (C=O) groups excluding carboxylic acids is 2. The number of nitrogens with zero attached hydrogens (tertiary/aromatic N) is 2. The lowest BCUT2D eigenvalue weighted by Gasteiger charge is -2.33. The minimum atomic E-state index is -0.509. The van der Waals surface area contributed by atoms with E-state index in [1.165, 1.54) is 5.56 Å². The van der Waals surface area contributed by atoms with E-state index in [1.54, 1.807) is 12.1 Å². The molecule has 0 radical (unpaired) electrons. The van der Waals surface area contributed by atoms with Crippen LogP contribution in [0.25, 0.3) is 0 Å². The van der Waals surface area contributed by atoms with Gasteiger partial charge in [-0.05, 0) is 55.1 Å². The molecule has 2 saturated heterocycles. The van der Waals surface area contributed by atoms with Crippen LogP contribution >= 0.6 is 12.4 Å². The first kappa shape index (κ1) is 25.2. The van der Waals surface area contributed by atoms with E-state index >= 15 is 0 Å². The summed E-state index contributed by atoms with van der Waals surface area (Å²) in [6, 6.07) is 15.4. The number of aliphatic hydroxyl groups is 1. The fourth-order valence-corrected chi connectivity index (χ4v) is 4.37. The van der Waals surface area contributed by atoms with Gasteiger partial charge in [-0.1, -0.05) is 36.4 Å². The normalized spacial score (nSPS) is 16.7. The van der Waals surface area contributed by atoms with E-state index in [0.29, 0.717) is 44.3 Å². The second kappa shape index (κ2) is 12.1. The molecule has 0 spiro atoms. The number of benzene rings is 2. The maximum atomic E-state index is 13.5. The second-order valence-electron chi connectivity index (χ2n) is 8.37. The number of hydrogen-bond acceptors (Lipinski definition) is 5. The molecule has 2 aliphatic rings. The van der Waals surface area contributed by atoms with E-state index in [-0.39, 0.29) is 24.2 Å². The molecule has 2 N–H and O–H groups in total. The molecule has 0 aromatic heterocycles. The molecular formula is C25H32ClN3O4. The Morgan fingerprint density at radius 1 is 1.06 bits per heavy atom. The Balaban J connectivity index is 0.00000306. The van der Waals surface area contributed by atoms with Gasteiger partial charge in [0.1, 0.15) is 6.61 Å². The van der Waals surface area contributed by atoms with E-state index in [4.69, 9.17) is 9.84 Å². The van der Waals surface area contributed by atoms with Crippen LogP contribution in [0.1, 0.15) is 40.2 Å². The Hall–Kier alpha value is -2.45. The molecule has 7 nitrogen and oxygen atoms in total. The molecule has 0 aliphatic carbocycles. The molecule has 0 atom stereocenters. The van der Waals surface area contributed by atoms with Crippen molar-refractivity contribution in [2.75, 3.05) is 50.9 Å². The summed E-state index contributed by atoms with van der Waals surface area (Å²) in [5.74, 6) is 0.188. The van der Waals surface area contributed by atoms with Gasteiger partial charge < -0.3 is 20.1 Å². The molecule has 2 amide bonds. The quantitative estimate of drug-likeness (QED) is 0.629. The average molecular weight is 474 g/mol. The summed E-state index contributed by atoms with van der Waals surface area (Å²) in [6.45, 7) is 4.18. The fraction of sp³-hybridized carbons (Fsp3) is 0.440. The Morgan fingerprint density at radius 2 is 1.76 bits per heavy atom. The Kier molecular flexibility index (Phi) is 9.26. The van der Waals surface area contributed by atoms with Crippen LogP contribution in [0.5, 0.6) is 0 Å². The number of carbonyl (C=O) groups is 2. The molecule has 33 heavy (non-hydrogen) atoms. The SMILES string of the molecule is Cl.O=C(CO)c1ccc(CN(C(=O)N2CCOCC2)c2cccc(C3CCNCC3)c2)cc1. The third-order valence-electron chi connectivity index (χ3n) is 6.27. The van der Waals surface area contributed by atoms with Crippen LogP contribution in [-0.4, -0.2) is 67.8 Å². The third kappa shape index (κ3) is 6.32. The highest BCUT2D eigenvalue weighted by Gasteiger charge is 2.25. The number of ether oxygens (including phenoxy) is 1.